The third-order valence-corrected chi connectivity index (χ3v) is 3.65. The maximum absolute atomic E-state index is 11.7. The largest absolute Gasteiger partial charge is 0.478 e. The van der Waals surface area contributed by atoms with Crippen LogP contribution in [0, 0.1) is 6.92 Å². The van der Waals surface area contributed by atoms with Crippen molar-refractivity contribution in [2.24, 2.45) is 0 Å². The number of aromatic carboxylic acids is 1. The molecule has 0 heterocycles. The van der Waals surface area contributed by atoms with Crippen molar-refractivity contribution in [3.63, 3.8) is 0 Å². The van der Waals surface area contributed by atoms with E-state index in [1.165, 1.54) is 18.2 Å². The summed E-state index contributed by atoms with van der Waals surface area (Å²) in [7, 11) is 0. The van der Waals surface area contributed by atoms with Gasteiger partial charge in [0.15, 0.2) is 0 Å². The number of aryl methyl sites for hydroxylation is 1. The standard InChI is InChI=1S/C25H27NO3/c1-18-6-2-11-22(14-18)24(27)17-26-13-5-8-19-7-3-9-20(15-19)21-10-4-12-23(16-21)25(28)29/h2-4,6-7,9-12,14-16,24,26-27H,5,8,13,17H2,1H3,(H,28,29)/t24-/m0/s1/i3D,4D,5D2,7D,9D,10D,12D,13D2,15D,16D,17D2,24D. The zero-order chi connectivity index (χ0) is 33.9. The van der Waals surface area contributed by atoms with E-state index in [1.807, 2.05) is 0 Å². The molecule has 1 atom stereocenters. The summed E-state index contributed by atoms with van der Waals surface area (Å²) in [5.74, 6) is -1.82. The Bertz CT molecular complexity index is 1660. The van der Waals surface area contributed by atoms with Crippen molar-refractivity contribution < 1.29 is 35.6 Å². The van der Waals surface area contributed by atoms with Crippen molar-refractivity contribution in [3.05, 3.63) is 94.9 Å². The van der Waals surface area contributed by atoms with Gasteiger partial charge in [-0.2, -0.15) is 0 Å². The van der Waals surface area contributed by atoms with Crippen molar-refractivity contribution >= 4 is 5.97 Å². The molecule has 3 N–H and O–H groups in total. The molecule has 0 bridgehead atoms. The molecule has 0 aliphatic rings. The fraction of sp³-hybridized carbons (Fsp3) is 0.240. The van der Waals surface area contributed by atoms with Gasteiger partial charge < -0.3 is 15.5 Å². The van der Waals surface area contributed by atoms with Gasteiger partial charge in [-0.3, -0.25) is 0 Å². The summed E-state index contributed by atoms with van der Waals surface area (Å²) in [6.45, 7) is -5.16. The first-order valence-electron chi connectivity index (χ1n) is 15.9. The van der Waals surface area contributed by atoms with Gasteiger partial charge in [0.25, 0.3) is 0 Å². The number of benzene rings is 3. The Labute approximate surface area is 192 Å². The van der Waals surface area contributed by atoms with E-state index in [9.17, 15) is 15.0 Å². The average Bonchev–Trinajstić information content (AvgIpc) is 2.89. The van der Waals surface area contributed by atoms with E-state index in [-0.39, 0.29) is 5.56 Å². The summed E-state index contributed by atoms with van der Waals surface area (Å²) in [5.41, 5.74) is -3.07. The first-order chi connectivity index (χ1) is 19.9. The Kier molecular flexibility index (Phi) is 3.04. The van der Waals surface area contributed by atoms with Crippen molar-refractivity contribution in [1.29, 1.82) is 0 Å². The average molecular weight is 405 g/mol. The topological polar surface area (TPSA) is 69.6 Å². The summed E-state index contributed by atoms with van der Waals surface area (Å²) in [6.07, 6.45) is -7.63. The Hall–Kier alpha value is -2.95. The van der Waals surface area contributed by atoms with Crippen LogP contribution >= 0.6 is 0 Å². The monoisotopic (exact) mass is 404 g/mol. The van der Waals surface area contributed by atoms with Crippen LogP contribution in [0.2, 0.25) is 0 Å². The minimum atomic E-state index is -3.44. The Morgan fingerprint density at radius 1 is 1.21 bits per heavy atom. The summed E-state index contributed by atoms with van der Waals surface area (Å²) in [6, 6.07) is -2.15. The number of aliphatic hydroxyl groups is 1. The molecule has 3 rings (SSSR count). The third-order valence-electron chi connectivity index (χ3n) is 3.65. The van der Waals surface area contributed by atoms with Gasteiger partial charge in [-0.15, -0.1) is 0 Å². The molecule has 150 valence electrons. The molecule has 0 fully saturated rings. The fourth-order valence-electron chi connectivity index (χ4n) is 2.30. The van der Waals surface area contributed by atoms with Crippen molar-refractivity contribution in [2.45, 2.75) is 25.8 Å². The molecule has 29 heavy (non-hydrogen) atoms. The van der Waals surface area contributed by atoms with E-state index in [0.29, 0.717) is 5.56 Å². The Morgan fingerprint density at radius 2 is 1.97 bits per heavy atom. The number of hydrogen-bond donors (Lipinski definition) is 3. The van der Waals surface area contributed by atoms with Crippen LogP contribution in [-0.2, 0) is 6.42 Å². The van der Waals surface area contributed by atoms with Gasteiger partial charge >= 0.3 is 5.97 Å². The fourth-order valence-corrected chi connectivity index (χ4v) is 2.30. The molecular weight excluding hydrogens is 362 g/mol. The van der Waals surface area contributed by atoms with Crippen LogP contribution < -0.4 is 5.32 Å². The molecule has 0 amide bonds. The molecule has 0 aromatic heterocycles. The smallest absolute Gasteiger partial charge is 0.335 e. The molecule has 0 unspecified atom stereocenters. The highest BCUT2D eigenvalue weighted by Crippen LogP contribution is 2.22. The molecular formula is C25H27NO3. The molecule has 0 saturated carbocycles. The van der Waals surface area contributed by atoms with Crippen LogP contribution in [0.1, 0.15) is 60.1 Å². The SMILES string of the molecule is [2H]c1c([2H])c(CC([2H])([2H])C([2H])([2H])NC([2H])([2H])[C@]([2H])(O)c2cccc(C)c2)c([2H])c(-c2c([2H])c([2H])c([2H])c(C(=O)O)c2[2H])c1[2H]. The molecule has 0 radical (unpaired) electrons. The highest BCUT2D eigenvalue weighted by Gasteiger charge is 2.07. The summed E-state index contributed by atoms with van der Waals surface area (Å²) in [5, 5.41) is 21.9. The van der Waals surface area contributed by atoms with Crippen LogP contribution in [0.5, 0.6) is 0 Å². The first-order valence-corrected chi connectivity index (χ1v) is 8.43. The van der Waals surface area contributed by atoms with Crippen molar-refractivity contribution in [1.82, 2.24) is 5.32 Å². The van der Waals surface area contributed by atoms with Crippen LogP contribution in [0.25, 0.3) is 11.1 Å². The minimum Gasteiger partial charge on any atom is -0.478 e. The molecule has 0 saturated heterocycles. The normalized spacial score (nSPS) is 21.9. The van der Waals surface area contributed by atoms with Crippen LogP contribution in [-0.4, -0.2) is 29.2 Å². The Balaban J connectivity index is 2.17. The number of carbonyl (C=O) groups is 1. The lowest BCUT2D eigenvalue weighted by molar-refractivity contribution is 0.0697. The highest BCUT2D eigenvalue weighted by molar-refractivity contribution is 5.89. The lowest BCUT2D eigenvalue weighted by atomic mass is 9.99. The van der Waals surface area contributed by atoms with Gasteiger partial charge in [0.1, 0.15) is 0 Å². The van der Waals surface area contributed by atoms with E-state index >= 15 is 0 Å². The predicted molar refractivity (Wildman–Crippen MR) is 116 cm³/mol. The maximum Gasteiger partial charge on any atom is 0.335 e. The number of rotatable bonds is 9. The molecule has 3 aromatic carbocycles. The zero-order valence-corrected chi connectivity index (χ0v) is 15.3. The minimum absolute atomic E-state index is 0.270. The van der Waals surface area contributed by atoms with E-state index in [4.69, 9.17) is 20.6 Å². The van der Waals surface area contributed by atoms with Gasteiger partial charge in [0, 0.05) is 14.7 Å². The second kappa shape index (κ2) is 10.0. The van der Waals surface area contributed by atoms with Gasteiger partial charge in [0.05, 0.1) is 24.0 Å². The van der Waals surface area contributed by atoms with Crippen LogP contribution in [0.3, 0.4) is 0 Å². The van der Waals surface area contributed by atoms with E-state index in [2.05, 4.69) is 0 Å². The summed E-state index contributed by atoms with van der Waals surface area (Å²) < 4.78 is 124. The van der Waals surface area contributed by atoms with E-state index in [1.54, 1.807) is 18.3 Å². The maximum atomic E-state index is 11.7. The molecule has 3 aromatic rings. The van der Waals surface area contributed by atoms with Gasteiger partial charge in [-0.25, -0.2) is 4.79 Å². The molecule has 0 aliphatic heterocycles. The lowest BCUT2D eigenvalue weighted by Gasteiger charge is -2.13. The van der Waals surface area contributed by atoms with Gasteiger partial charge in [-0.1, -0.05) is 66.1 Å². The quantitative estimate of drug-likeness (QED) is 0.487. The molecule has 4 nitrogen and oxygen atoms in total. The first kappa shape index (κ1) is 8.82. The van der Waals surface area contributed by atoms with Gasteiger partial charge in [-0.05, 0) is 60.6 Å². The van der Waals surface area contributed by atoms with Crippen LogP contribution in [0.4, 0.5) is 0 Å². The molecule has 0 aliphatic carbocycles. The highest BCUT2D eigenvalue weighted by atomic mass is 16.4. The molecule has 4 heteroatoms. The predicted octanol–water partition coefficient (Wildman–Crippen LogP) is 4.62. The van der Waals surface area contributed by atoms with E-state index < -0.39 is 108 Å². The van der Waals surface area contributed by atoms with Gasteiger partial charge in [0.2, 0.25) is 0 Å². The van der Waals surface area contributed by atoms with Crippen molar-refractivity contribution in [2.75, 3.05) is 13.0 Å². The third kappa shape index (κ3) is 6.01. The molecule has 0 spiro atoms. The number of carboxylic acid groups (broad SMARTS) is 1. The van der Waals surface area contributed by atoms with Crippen LogP contribution in [0.15, 0.2) is 72.6 Å². The lowest BCUT2D eigenvalue weighted by Crippen LogP contribution is -2.22. The van der Waals surface area contributed by atoms with Crippen molar-refractivity contribution in [3.8, 4) is 11.1 Å². The number of nitrogens with one attached hydrogen (secondary N) is 1. The second-order valence-corrected chi connectivity index (χ2v) is 5.86. The number of carboxylic acids is 1. The zero-order valence-electron chi connectivity index (χ0n) is 30.3. The second-order valence-electron chi connectivity index (χ2n) is 5.86. The summed E-state index contributed by atoms with van der Waals surface area (Å²) >= 11 is 0. The van der Waals surface area contributed by atoms with E-state index in [0.717, 1.165) is 0 Å². The summed E-state index contributed by atoms with van der Waals surface area (Å²) in [4.78, 5) is 11.7. The Morgan fingerprint density at radius 3 is 2.72 bits per heavy atom. The number of hydrogen-bond acceptors (Lipinski definition) is 3.